The van der Waals surface area contributed by atoms with E-state index in [2.05, 4.69) is 4.90 Å². The van der Waals surface area contributed by atoms with E-state index in [9.17, 15) is 13.6 Å². The highest BCUT2D eigenvalue weighted by atomic mass is 19.1. The quantitative estimate of drug-likeness (QED) is 0.298. The molecule has 206 valence electrons. The minimum Gasteiger partial charge on any atom is -0.492 e. The first kappa shape index (κ1) is 26.9. The lowest BCUT2D eigenvalue weighted by Gasteiger charge is -2.34. The van der Waals surface area contributed by atoms with Crippen LogP contribution < -0.4 is 14.2 Å². The maximum atomic E-state index is 13.5. The van der Waals surface area contributed by atoms with Crippen molar-refractivity contribution in [3.8, 4) is 17.2 Å². The van der Waals surface area contributed by atoms with Crippen LogP contribution in [0.1, 0.15) is 42.7 Å². The lowest BCUT2D eigenvalue weighted by Crippen LogP contribution is -2.49. The number of carbonyl (C=O) groups excluding carboxylic acids is 1. The van der Waals surface area contributed by atoms with Gasteiger partial charge in [0.15, 0.2) is 11.5 Å². The van der Waals surface area contributed by atoms with E-state index < -0.39 is 0 Å². The minimum atomic E-state index is -0.278. The Kier molecular flexibility index (Phi) is 8.93. The molecule has 2 aliphatic heterocycles. The van der Waals surface area contributed by atoms with Crippen LogP contribution >= 0.6 is 0 Å². The van der Waals surface area contributed by atoms with Crippen LogP contribution in [-0.2, 0) is 4.79 Å². The second kappa shape index (κ2) is 12.9. The van der Waals surface area contributed by atoms with E-state index in [1.807, 2.05) is 23.1 Å². The van der Waals surface area contributed by atoms with E-state index in [0.717, 1.165) is 74.6 Å². The van der Waals surface area contributed by atoms with Crippen LogP contribution in [0.25, 0.3) is 0 Å². The molecule has 3 aromatic carbocycles. The summed E-state index contributed by atoms with van der Waals surface area (Å²) < 4.78 is 43.5. The van der Waals surface area contributed by atoms with Crippen molar-refractivity contribution in [1.82, 2.24) is 9.80 Å². The average molecular weight is 537 g/mol. The molecular weight excluding hydrogens is 502 g/mol. The number of fused-ring (bicyclic) bond motifs is 1. The van der Waals surface area contributed by atoms with Gasteiger partial charge in [0.1, 0.15) is 24.0 Å². The average Bonchev–Trinajstić information content (AvgIpc) is 3.43. The standard InChI is InChI=1S/C31H34F2N2O4/c32-25-9-5-23(6-10-25)28(24-7-11-26(33)12-8-24)3-1-2-4-31(36)35-17-15-34(16-18-35)19-20-37-27-13-14-29-30(21-27)39-22-38-29/h5-14,21,28H,1-4,15-20,22H2. The van der Waals surface area contributed by atoms with Gasteiger partial charge in [-0.3, -0.25) is 9.69 Å². The molecule has 3 aromatic rings. The number of carbonyl (C=O) groups is 1. The normalized spacial score (nSPS) is 15.1. The van der Waals surface area contributed by atoms with Gasteiger partial charge in [-0.05, 0) is 60.4 Å². The molecule has 39 heavy (non-hydrogen) atoms. The van der Waals surface area contributed by atoms with Gasteiger partial charge in [0, 0.05) is 51.1 Å². The Morgan fingerprint density at radius 1 is 0.821 bits per heavy atom. The van der Waals surface area contributed by atoms with Crippen LogP contribution in [0.4, 0.5) is 8.78 Å². The number of hydrogen-bond donors (Lipinski definition) is 0. The minimum absolute atomic E-state index is 0.0322. The lowest BCUT2D eigenvalue weighted by molar-refractivity contribution is -0.133. The zero-order chi connectivity index (χ0) is 27.0. The zero-order valence-electron chi connectivity index (χ0n) is 22.0. The Bertz CT molecular complexity index is 1180. The van der Waals surface area contributed by atoms with E-state index in [1.165, 1.54) is 24.3 Å². The molecule has 5 rings (SSSR count). The van der Waals surface area contributed by atoms with Gasteiger partial charge in [0.05, 0.1) is 0 Å². The highest BCUT2D eigenvalue weighted by molar-refractivity contribution is 5.76. The monoisotopic (exact) mass is 536 g/mol. The zero-order valence-corrected chi connectivity index (χ0v) is 22.0. The van der Waals surface area contributed by atoms with Crippen LogP contribution in [0, 0.1) is 11.6 Å². The highest BCUT2D eigenvalue weighted by Gasteiger charge is 2.21. The largest absolute Gasteiger partial charge is 0.492 e. The van der Waals surface area contributed by atoms with Crippen LogP contribution in [-0.4, -0.2) is 61.8 Å². The number of piperazine rings is 1. The molecule has 0 aromatic heterocycles. The number of rotatable bonds is 11. The number of halogens is 2. The van der Waals surface area contributed by atoms with E-state index in [4.69, 9.17) is 14.2 Å². The predicted octanol–water partition coefficient (Wildman–Crippen LogP) is 5.61. The van der Waals surface area contributed by atoms with Crippen molar-refractivity contribution < 1.29 is 27.8 Å². The third-order valence-corrected chi connectivity index (χ3v) is 7.42. The molecule has 0 radical (unpaired) electrons. The van der Waals surface area contributed by atoms with Crippen LogP contribution in [0.3, 0.4) is 0 Å². The number of unbranched alkanes of at least 4 members (excludes halogenated alkanes) is 1. The van der Waals surface area contributed by atoms with Crippen molar-refractivity contribution in [2.45, 2.75) is 31.6 Å². The maximum absolute atomic E-state index is 13.5. The highest BCUT2D eigenvalue weighted by Crippen LogP contribution is 2.35. The van der Waals surface area contributed by atoms with Crippen molar-refractivity contribution in [3.63, 3.8) is 0 Å². The Balaban J connectivity index is 1.02. The Morgan fingerprint density at radius 3 is 2.13 bits per heavy atom. The second-order valence-corrected chi connectivity index (χ2v) is 9.99. The molecule has 1 fully saturated rings. The number of hydrogen-bond acceptors (Lipinski definition) is 5. The van der Waals surface area contributed by atoms with Gasteiger partial charge < -0.3 is 19.1 Å². The molecule has 1 saturated heterocycles. The molecule has 0 unspecified atom stereocenters. The summed E-state index contributed by atoms with van der Waals surface area (Å²) >= 11 is 0. The van der Waals surface area contributed by atoms with Gasteiger partial charge in [0.2, 0.25) is 12.7 Å². The lowest BCUT2D eigenvalue weighted by atomic mass is 9.87. The molecule has 0 spiro atoms. The van der Waals surface area contributed by atoms with E-state index in [1.54, 1.807) is 24.3 Å². The van der Waals surface area contributed by atoms with Crippen molar-refractivity contribution in [1.29, 1.82) is 0 Å². The molecule has 2 heterocycles. The summed E-state index contributed by atoms with van der Waals surface area (Å²) in [7, 11) is 0. The Hall–Kier alpha value is -3.65. The summed E-state index contributed by atoms with van der Waals surface area (Å²) in [4.78, 5) is 17.1. The van der Waals surface area contributed by atoms with Crippen LogP contribution in [0.15, 0.2) is 66.7 Å². The van der Waals surface area contributed by atoms with E-state index in [-0.39, 0.29) is 30.3 Å². The summed E-state index contributed by atoms with van der Waals surface area (Å²) in [6.07, 6.45) is 2.94. The molecule has 2 aliphatic rings. The first-order valence-corrected chi connectivity index (χ1v) is 13.6. The number of nitrogens with zero attached hydrogens (tertiary/aromatic N) is 2. The molecule has 0 N–H and O–H groups in total. The molecule has 8 heteroatoms. The summed E-state index contributed by atoms with van der Waals surface area (Å²) in [5.41, 5.74) is 1.99. The smallest absolute Gasteiger partial charge is 0.231 e. The van der Waals surface area contributed by atoms with E-state index in [0.29, 0.717) is 18.8 Å². The summed E-state index contributed by atoms with van der Waals surface area (Å²) in [5, 5.41) is 0. The SMILES string of the molecule is O=C(CCCCC(c1ccc(F)cc1)c1ccc(F)cc1)N1CCN(CCOc2ccc3c(c2)OCO3)CC1. The molecule has 0 aliphatic carbocycles. The Morgan fingerprint density at radius 2 is 1.46 bits per heavy atom. The van der Waals surface area contributed by atoms with Crippen molar-refractivity contribution in [2.24, 2.45) is 0 Å². The van der Waals surface area contributed by atoms with Gasteiger partial charge in [0.25, 0.3) is 0 Å². The number of ether oxygens (including phenoxy) is 3. The molecule has 1 amide bonds. The summed E-state index contributed by atoms with van der Waals surface area (Å²) in [6.45, 7) is 4.70. The number of amides is 1. The fraction of sp³-hybridized carbons (Fsp3) is 0.387. The van der Waals surface area contributed by atoms with Gasteiger partial charge in [-0.1, -0.05) is 30.7 Å². The molecular formula is C31H34F2N2O4. The molecule has 0 saturated carbocycles. The van der Waals surface area contributed by atoms with Crippen molar-refractivity contribution in [2.75, 3.05) is 46.1 Å². The van der Waals surface area contributed by atoms with Gasteiger partial charge in [-0.25, -0.2) is 8.78 Å². The van der Waals surface area contributed by atoms with Crippen molar-refractivity contribution in [3.05, 3.63) is 89.5 Å². The first-order valence-electron chi connectivity index (χ1n) is 13.6. The van der Waals surface area contributed by atoms with Gasteiger partial charge in [-0.2, -0.15) is 0 Å². The predicted molar refractivity (Wildman–Crippen MR) is 144 cm³/mol. The number of benzene rings is 3. The van der Waals surface area contributed by atoms with Crippen molar-refractivity contribution >= 4 is 5.91 Å². The third kappa shape index (κ3) is 7.26. The van der Waals surface area contributed by atoms with Crippen LogP contribution in [0.2, 0.25) is 0 Å². The maximum Gasteiger partial charge on any atom is 0.231 e. The van der Waals surface area contributed by atoms with Crippen LogP contribution in [0.5, 0.6) is 17.2 Å². The fourth-order valence-electron chi connectivity index (χ4n) is 5.18. The molecule has 6 nitrogen and oxygen atoms in total. The first-order chi connectivity index (χ1) is 19.0. The van der Waals surface area contributed by atoms with Gasteiger partial charge >= 0.3 is 0 Å². The summed E-state index contributed by atoms with van der Waals surface area (Å²) in [6, 6.07) is 18.6. The topological polar surface area (TPSA) is 51.2 Å². The summed E-state index contributed by atoms with van der Waals surface area (Å²) in [5.74, 6) is 1.87. The second-order valence-electron chi connectivity index (χ2n) is 9.99. The Labute approximate surface area is 228 Å². The van der Waals surface area contributed by atoms with E-state index >= 15 is 0 Å². The van der Waals surface area contributed by atoms with Gasteiger partial charge in [-0.15, -0.1) is 0 Å². The molecule has 0 bridgehead atoms. The molecule has 0 atom stereocenters. The fourth-order valence-corrected chi connectivity index (χ4v) is 5.18. The third-order valence-electron chi connectivity index (χ3n) is 7.42.